The van der Waals surface area contributed by atoms with Crippen molar-refractivity contribution in [3.05, 3.63) is 112 Å². The molecule has 37 heavy (non-hydrogen) atoms. The number of carbonyl (C=O) groups is 2. The van der Waals surface area contributed by atoms with Gasteiger partial charge in [-0.25, -0.2) is 4.79 Å². The molecule has 0 unspecified atom stereocenters. The van der Waals surface area contributed by atoms with E-state index >= 15 is 0 Å². The zero-order chi connectivity index (χ0) is 26.4. The number of nitrogens with zero attached hydrogens (tertiary/aromatic N) is 1. The number of hydrogen-bond donors (Lipinski definition) is 1. The molecule has 0 aliphatic carbocycles. The quantitative estimate of drug-likeness (QED) is 0.191. The lowest BCUT2D eigenvalue weighted by Crippen LogP contribution is -2.30. The lowest BCUT2D eigenvalue weighted by molar-refractivity contribution is -0.123. The highest BCUT2D eigenvalue weighted by Gasteiger charge is 2.33. The number of hydrogen-bond acceptors (Lipinski definition) is 4. The van der Waals surface area contributed by atoms with Crippen molar-refractivity contribution in [1.29, 1.82) is 0 Å². The van der Waals surface area contributed by atoms with Gasteiger partial charge in [0.15, 0.2) is 11.5 Å². The summed E-state index contributed by atoms with van der Waals surface area (Å²) in [6.45, 7) is 8.71. The number of halogens is 1. The van der Waals surface area contributed by atoms with E-state index in [0.29, 0.717) is 41.7 Å². The summed E-state index contributed by atoms with van der Waals surface area (Å²) < 4.78 is 12.1. The minimum absolute atomic E-state index is 0.201. The number of benzene rings is 3. The van der Waals surface area contributed by atoms with Gasteiger partial charge in [0.05, 0.1) is 13.2 Å². The monoisotopic (exact) mass is 516 g/mol. The second-order valence-corrected chi connectivity index (χ2v) is 9.15. The Balaban J connectivity index is 1.61. The first-order valence-corrected chi connectivity index (χ1v) is 12.4. The SMILES string of the molecule is C=CCc1cc(/C=C2/NC(=O)N(Cc3cccc(C)c3)C2=O)cc(OCC)c1OCc1ccc(Cl)cc1. The van der Waals surface area contributed by atoms with Crippen LogP contribution in [0.25, 0.3) is 6.08 Å². The fourth-order valence-corrected chi connectivity index (χ4v) is 4.24. The second kappa shape index (κ2) is 11.8. The van der Waals surface area contributed by atoms with Crippen LogP contribution in [-0.4, -0.2) is 23.4 Å². The van der Waals surface area contributed by atoms with Gasteiger partial charge in [-0.2, -0.15) is 0 Å². The lowest BCUT2D eigenvalue weighted by atomic mass is 10.0. The molecule has 4 rings (SSSR count). The third-order valence-corrected chi connectivity index (χ3v) is 6.06. The van der Waals surface area contributed by atoms with Gasteiger partial charge >= 0.3 is 6.03 Å². The number of rotatable bonds is 10. The molecular formula is C30H29ClN2O4. The van der Waals surface area contributed by atoms with E-state index in [9.17, 15) is 9.59 Å². The highest BCUT2D eigenvalue weighted by molar-refractivity contribution is 6.30. The molecule has 3 amide bonds. The van der Waals surface area contributed by atoms with E-state index in [2.05, 4.69) is 11.9 Å². The molecule has 3 aromatic rings. The van der Waals surface area contributed by atoms with Crippen LogP contribution < -0.4 is 14.8 Å². The van der Waals surface area contributed by atoms with Crippen LogP contribution in [0.2, 0.25) is 5.02 Å². The van der Waals surface area contributed by atoms with Crippen LogP contribution in [0.4, 0.5) is 4.79 Å². The van der Waals surface area contributed by atoms with Gasteiger partial charge in [-0.3, -0.25) is 9.69 Å². The van der Waals surface area contributed by atoms with Gasteiger partial charge in [0.2, 0.25) is 0 Å². The van der Waals surface area contributed by atoms with Gasteiger partial charge in [0.25, 0.3) is 5.91 Å². The van der Waals surface area contributed by atoms with Gasteiger partial charge < -0.3 is 14.8 Å². The van der Waals surface area contributed by atoms with Crippen molar-refractivity contribution in [2.24, 2.45) is 0 Å². The molecule has 3 aromatic carbocycles. The van der Waals surface area contributed by atoms with Crippen molar-refractivity contribution in [3.8, 4) is 11.5 Å². The topological polar surface area (TPSA) is 67.9 Å². The summed E-state index contributed by atoms with van der Waals surface area (Å²) >= 11 is 5.99. The molecule has 0 atom stereocenters. The zero-order valence-electron chi connectivity index (χ0n) is 20.9. The molecule has 1 heterocycles. The summed E-state index contributed by atoms with van der Waals surface area (Å²) in [7, 11) is 0. The number of amides is 3. The first-order valence-electron chi connectivity index (χ1n) is 12.1. The number of carbonyl (C=O) groups excluding carboxylic acids is 2. The molecule has 7 heteroatoms. The lowest BCUT2D eigenvalue weighted by Gasteiger charge is -2.17. The molecule has 0 bridgehead atoms. The zero-order valence-corrected chi connectivity index (χ0v) is 21.7. The molecule has 0 aromatic heterocycles. The van der Waals surface area contributed by atoms with Crippen molar-refractivity contribution < 1.29 is 19.1 Å². The van der Waals surface area contributed by atoms with Gasteiger partial charge in [-0.1, -0.05) is 59.6 Å². The third-order valence-electron chi connectivity index (χ3n) is 5.81. The van der Waals surface area contributed by atoms with E-state index in [1.807, 2.05) is 74.5 Å². The van der Waals surface area contributed by atoms with E-state index in [-0.39, 0.29) is 18.1 Å². The highest BCUT2D eigenvalue weighted by Crippen LogP contribution is 2.35. The second-order valence-electron chi connectivity index (χ2n) is 8.72. The number of imide groups is 1. The Morgan fingerprint density at radius 1 is 1.03 bits per heavy atom. The molecule has 1 aliphatic heterocycles. The first-order chi connectivity index (χ1) is 17.9. The molecule has 0 saturated carbocycles. The summed E-state index contributed by atoms with van der Waals surface area (Å²) in [5, 5.41) is 3.36. The van der Waals surface area contributed by atoms with Crippen LogP contribution in [0, 0.1) is 6.92 Å². The number of aryl methyl sites for hydroxylation is 1. The molecular weight excluding hydrogens is 488 g/mol. The van der Waals surface area contributed by atoms with Crippen molar-refractivity contribution in [3.63, 3.8) is 0 Å². The van der Waals surface area contributed by atoms with Crippen molar-refractivity contribution >= 4 is 29.6 Å². The predicted octanol–water partition coefficient (Wildman–Crippen LogP) is 6.45. The van der Waals surface area contributed by atoms with Crippen molar-refractivity contribution in [2.45, 2.75) is 33.4 Å². The van der Waals surface area contributed by atoms with Gasteiger partial charge in [-0.05, 0) is 67.3 Å². The van der Waals surface area contributed by atoms with E-state index < -0.39 is 6.03 Å². The standard InChI is InChI=1S/C30H29ClN2O4/c1-4-7-24-15-23(17-27(36-5-2)28(24)37-19-21-10-12-25(31)13-11-21)16-26-29(34)33(30(35)32-26)18-22-9-6-8-20(3)14-22/h4,6,8-17H,1,5,7,18-19H2,2-3H3,(H,32,35)/b26-16+. The Bertz CT molecular complexity index is 1350. The normalized spacial score (nSPS) is 14.1. The Morgan fingerprint density at radius 3 is 2.51 bits per heavy atom. The molecule has 1 fully saturated rings. The smallest absolute Gasteiger partial charge is 0.329 e. The van der Waals surface area contributed by atoms with Gasteiger partial charge in [0.1, 0.15) is 12.3 Å². The Hall–Kier alpha value is -4.03. The Morgan fingerprint density at radius 2 is 1.81 bits per heavy atom. The third kappa shape index (κ3) is 6.40. The highest BCUT2D eigenvalue weighted by atomic mass is 35.5. The Labute approximate surface area is 222 Å². The van der Waals surface area contributed by atoms with Crippen LogP contribution in [-0.2, 0) is 24.4 Å². The summed E-state index contributed by atoms with van der Waals surface area (Å²) in [4.78, 5) is 26.9. The largest absolute Gasteiger partial charge is 0.490 e. The average molecular weight is 517 g/mol. The summed E-state index contributed by atoms with van der Waals surface area (Å²) in [5.74, 6) is 0.788. The average Bonchev–Trinajstić information content (AvgIpc) is 3.12. The number of ether oxygens (including phenoxy) is 2. The molecule has 190 valence electrons. The van der Waals surface area contributed by atoms with Crippen molar-refractivity contribution in [1.82, 2.24) is 10.2 Å². The summed E-state index contributed by atoms with van der Waals surface area (Å²) in [6, 6.07) is 18.5. The minimum atomic E-state index is -0.447. The first kappa shape index (κ1) is 26.0. The minimum Gasteiger partial charge on any atom is -0.490 e. The fraction of sp³-hybridized carbons (Fsp3) is 0.200. The maximum absolute atomic E-state index is 13.1. The van der Waals surface area contributed by atoms with Crippen LogP contribution in [0.5, 0.6) is 11.5 Å². The van der Waals surface area contributed by atoms with Crippen LogP contribution in [0.1, 0.15) is 34.7 Å². The molecule has 0 radical (unpaired) electrons. The van der Waals surface area contributed by atoms with Crippen LogP contribution >= 0.6 is 11.6 Å². The fourth-order valence-electron chi connectivity index (χ4n) is 4.11. The molecule has 6 nitrogen and oxygen atoms in total. The maximum Gasteiger partial charge on any atom is 0.329 e. The van der Waals surface area contributed by atoms with Gasteiger partial charge in [-0.15, -0.1) is 6.58 Å². The molecule has 0 spiro atoms. The Kier molecular flexibility index (Phi) is 8.31. The van der Waals surface area contributed by atoms with Gasteiger partial charge in [0, 0.05) is 10.6 Å². The van der Waals surface area contributed by atoms with E-state index in [1.165, 1.54) is 4.90 Å². The van der Waals surface area contributed by atoms with E-state index in [1.54, 1.807) is 12.2 Å². The maximum atomic E-state index is 13.1. The predicted molar refractivity (Wildman–Crippen MR) is 146 cm³/mol. The van der Waals surface area contributed by atoms with Crippen molar-refractivity contribution in [2.75, 3.05) is 6.61 Å². The van der Waals surface area contributed by atoms with E-state index in [4.69, 9.17) is 21.1 Å². The number of nitrogens with one attached hydrogen (secondary N) is 1. The van der Waals surface area contributed by atoms with E-state index in [0.717, 1.165) is 22.3 Å². The molecule has 1 saturated heterocycles. The summed E-state index contributed by atoms with van der Waals surface area (Å²) in [5.41, 5.74) is 4.70. The van der Waals surface area contributed by atoms with Crippen LogP contribution in [0.3, 0.4) is 0 Å². The summed E-state index contributed by atoms with van der Waals surface area (Å²) in [6.07, 6.45) is 3.98. The van der Waals surface area contributed by atoms with Crippen LogP contribution in [0.15, 0.2) is 79.0 Å². The number of urea groups is 1. The molecule has 1 N–H and O–H groups in total. The number of allylic oxidation sites excluding steroid dienone is 1. The molecule has 1 aliphatic rings.